The Bertz CT molecular complexity index is 411. The fourth-order valence-corrected chi connectivity index (χ4v) is 4.46. The molecule has 3 heteroatoms. The van der Waals surface area contributed by atoms with Crippen LogP contribution in [0.4, 0.5) is 5.69 Å². The standard InChI is InChI=1S/C17H25NOS/c1-2-6-15(5-1)20-17-8-4-3-7-16(17)18-13-14-9-11-19-12-10-14/h3-4,7-8,14-15,18H,1-2,5-6,9-13H2. The van der Waals surface area contributed by atoms with Crippen LogP contribution in [0.3, 0.4) is 0 Å². The van der Waals surface area contributed by atoms with Crippen molar-refractivity contribution in [2.45, 2.75) is 48.7 Å². The number of hydrogen-bond acceptors (Lipinski definition) is 3. The van der Waals surface area contributed by atoms with E-state index >= 15 is 0 Å². The number of anilines is 1. The highest BCUT2D eigenvalue weighted by Gasteiger charge is 2.18. The number of thioether (sulfide) groups is 1. The van der Waals surface area contributed by atoms with Crippen LogP contribution in [-0.4, -0.2) is 25.0 Å². The zero-order valence-electron chi connectivity index (χ0n) is 12.1. The van der Waals surface area contributed by atoms with Gasteiger partial charge in [0.05, 0.1) is 0 Å². The normalized spacial score (nSPS) is 21.2. The number of benzene rings is 1. The fourth-order valence-electron chi connectivity index (χ4n) is 3.11. The van der Waals surface area contributed by atoms with Gasteiger partial charge in [-0.2, -0.15) is 0 Å². The van der Waals surface area contributed by atoms with Crippen LogP contribution in [0.1, 0.15) is 38.5 Å². The molecule has 1 aliphatic heterocycles. The van der Waals surface area contributed by atoms with Crippen LogP contribution in [0.25, 0.3) is 0 Å². The summed E-state index contributed by atoms with van der Waals surface area (Å²) in [5.41, 5.74) is 1.33. The van der Waals surface area contributed by atoms with Gasteiger partial charge in [0.25, 0.3) is 0 Å². The molecular weight excluding hydrogens is 266 g/mol. The average Bonchev–Trinajstić information content (AvgIpc) is 3.00. The molecule has 1 aliphatic carbocycles. The molecule has 2 aliphatic rings. The van der Waals surface area contributed by atoms with E-state index in [9.17, 15) is 0 Å². The van der Waals surface area contributed by atoms with Gasteiger partial charge in [-0.05, 0) is 43.7 Å². The molecule has 1 saturated heterocycles. The molecule has 1 N–H and O–H groups in total. The Morgan fingerprint density at radius 1 is 1.05 bits per heavy atom. The zero-order chi connectivity index (χ0) is 13.6. The molecule has 0 radical (unpaired) electrons. The van der Waals surface area contributed by atoms with Crippen molar-refractivity contribution in [2.75, 3.05) is 25.1 Å². The molecule has 0 amide bonds. The summed E-state index contributed by atoms with van der Waals surface area (Å²) in [6.07, 6.45) is 8.00. The van der Waals surface area contributed by atoms with Crippen molar-refractivity contribution in [1.82, 2.24) is 0 Å². The molecule has 0 unspecified atom stereocenters. The van der Waals surface area contributed by atoms with Crippen molar-refractivity contribution in [2.24, 2.45) is 5.92 Å². The minimum atomic E-state index is 0.772. The van der Waals surface area contributed by atoms with Gasteiger partial charge >= 0.3 is 0 Å². The van der Waals surface area contributed by atoms with E-state index in [4.69, 9.17) is 4.74 Å². The molecule has 1 saturated carbocycles. The number of para-hydroxylation sites is 1. The van der Waals surface area contributed by atoms with Gasteiger partial charge in [0.2, 0.25) is 0 Å². The molecule has 110 valence electrons. The van der Waals surface area contributed by atoms with Gasteiger partial charge in [-0.15, -0.1) is 11.8 Å². The second-order valence-corrected chi connectivity index (χ2v) is 7.30. The summed E-state index contributed by atoms with van der Waals surface area (Å²) in [4.78, 5) is 1.44. The number of ether oxygens (including phenoxy) is 1. The van der Waals surface area contributed by atoms with Crippen LogP contribution in [0, 0.1) is 5.92 Å². The van der Waals surface area contributed by atoms with E-state index in [-0.39, 0.29) is 0 Å². The quantitative estimate of drug-likeness (QED) is 0.859. The van der Waals surface area contributed by atoms with Crippen LogP contribution in [0.5, 0.6) is 0 Å². The maximum absolute atomic E-state index is 5.43. The molecule has 1 heterocycles. The lowest BCUT2D eigenvalue weighted by molar-refractivity contribution is 0.0699. The maximum atomic E-state index is 5.43. The molecule has 2 nitrogen and oxygen atoms in total. The molecule has 3 rings (SSSR count). The first-order chi connectivity index (χ1) is 9.92. The monoisotopic (exact) mass is 291 g/mol. The van der Waals surface area contributed by atoms with Gasteiger partial charge in [-0.25, -0.2) is 0 Å². The van der Waals surface area contributed by atoms with Crippen LogP contribution in [0.2, 0.25) is 0 Å². The highest BCUT2D eigenvalue weighted by atomic mass is 32.2. The van der Waals surface area contributed by atoms with Gasteiger partial charge in [0.1, 0.15) is 0 Å². The Morgan fingerprint density at radius 2 is 1.80 bits per heavy atom. The third-order valence-corrected chi connectivity index (χ3v) is 5.82. The topological polar surface area (TPSA) is 21.3 Å². The van der Waals surface area contributed by atoms with E-state index in [1.807, 2.05) is 0 Å². The molecule has 1 aromatic carbocycles. The third-order valence-electron chi connectivity index (χ3n) is 4.40. The van der Waals surface area contributed by atoms with Crippen LogP contribution in [0.15, 0.2) is 29.2 Å². The largest absolute Gasteiger partial charge is 0.384 e. The first-order valence-corrected chi connectivity index (χ1v) is 8.87. The summed E-state index contributed by atoms with van der Waals surface area (Å²) in [5, 5.41) is 4.51. The van der Waals surface area contributed by atoms with E-state index in [0.29, 0.717) is 0 Å². The minimum absolute atomic E-state index is 0.772. The Balaban J connectivity index is 1.57. The molecule has 0 atom stereocenters. The Hall–Kier alpha value is -0.670. The van der Waals surface area contributed by atoms with E-state index in [2.05, 4.69) is 41.3 Å². The molecular formula is C17H25NOS. The van der Waals surface area contributed by atoms with Crippen LogP contribution in [-0.2, 0) is 4.74 Å². The smallest absolute Gasteiger partial charge is 0.0478 e. The molecule has 1 aromatic rings. The lowest BCUT2D eigenvalue weighted by Crippen LogP contribution is -2.22. The first kappa shape index (κ1) is 14.3. The van der Waals surface area contributed by atoms with Crippen LogP contribution >= 0.6 is 11.8 Å². The summed E-state index contributed by atoms with van der Waals surface area (Å²) in [6, 6.07) is 8.81. The molecule has 2 fully saturated rings. The van der Waals surface area contributed by atoms with Gasteiger partial charge in [-0.3, -0.25) is 0 Å². The lowest BCUT2D eigenvalue weighted by atomic mass is 10.0. The summed E-state index contributed by atoms with van der Waals surface area (Å²) < 4.78 is 5.43. The van der Waals surface area contributed by atoms with Gasteiger partial charge in [0, 0.05) is 35.6 Å². The summed E-state index contributed by atoms with van der Waals surface area (Å²) in [6.45, 7) is 2.96. The number of rotatable bonds is 5. The van der Waals surface area contributed by atoms with E-state index in [1.165, 1.54) is 49.1 Å². The zero-order valence-corrected chi connectivity index (χ0v) is 13.0. The van der Waals surface area contributed by atoms with E-state index in [0.717, 1.165) is 30.9 Å². The van der Waals surface area contributed by atoms with Crippen molar-refractivity contribution in [3.63, 3.8) is 0 Å². The van der Waals surface area contributed by atoms with Crippen molar-refractivity contribution in [3.05, 3.63) is 24.3 Å². The average molecular weight is 291 g/mol. The Kier molecular flexibility index (Phi) is 5.26. The Labute approximate surface area is 126 Å². The molecule has 0 spiro atoms. The van der Waals surface area contributed by atoms with E-state index in [1.54, 1.807) is 0 Å². The summed E-state index contributed by atoms with van der Waals surface area (Å²) in [7, 11) is 0. The second kappa shape index (κ2) is 7.37. The fraction of sp³-hybridized carbons (Fsp3) is 0.647. The number of hydrogen-bond donors (Lipinski definition) is 1. The SMILES string of the molecule is c1ccc(SC2CCCC2)c(NCC2CCOCC2)c1. The van der Waals surface area contributed by atoms with Gasteiger partial charge in [-0.1, -0.05) is 25.0 Å². The number of nitrogens with one attached hydrogen (secondary N) is 1. The molecule has 0 bridgehead atoms. The van der Waals surface area contributed by atoms with Crippen molar-refractivity contribution >= 4 is 17.4 Å². The maximum Gasteiger partial charge on any atom is 0.0478 e. The first-order valence-electron chi connectivity index (χ1n) is 7.99. The highest BCUT2D eigenvalue weighted by molar-refractivity contribution is 8.00. The lowest BCUT2D eigenvalue weighted by Gasteiger charge is -2.23. The third kappa shape index (κ3) is 3.92. The van der Waals surface area contributed by atoms with E-state index < -0.39 is 0 Å². The Morgan fingerprint density at radius 3 is 2.60 bits per heavy atom. The summed E-state index contributed by atoms with van der Waals surface area (Å²) >= 11 is 2.08. The van der Waals surface area contributed by atoms with Crippen molar-refractivity contribution in [1.29, 1.82) is 0 Å². The predicted octanol–water partition coefficient (Wildman–Crippen LogP) is 4.56. The molecule has 20 heavy (non-hydrogen) atoms. The minimum Gasteiger partial charge on any atom is -0.384 e. The van der Waals surface area contributed by atoms with Crippen molar-refractivity contribution in [3.8, 4) is 0 Å². The van der Waals surface area contributed by atoms with Gasteiger partial charge < -0.3 is 10.1 Å². The molecule has 0 aromatic heterocycles. The van der Waals surface area contributed by atoms with Crippen molar-refractivity contribution < 1.29 is 4.74 Å². The highest BCUT2D eigenvalue weighted by Crippen LogP contribution is 2.38. The predicted molar refractivity (Wildman–Crippen MR) is 86.6 cm³/mol. The second-order valence-electron chi connectivity index (χ2n) is 5.96. The summed E-state index contributed by atoms with van der Waals surface area (Å²) in [5.74, 6) is 0.772. The van der Waals surface area contributed by atoms with Gasteiger partial charge in [0.15, 0.2) is 0 Å². The van der Waals surface area contributed by atoms with Crippen LogP contribution < -0.4 is 5.32 Å².